The number of anilines is 1. The van der Waals surface area contributed by atoms with E-state index in [1.807, 2.05) is 30.5 Å². The average molecular weight is 343 g/mol. The van der Waals surface area contributed by atoms with Gasteiger partial charge < -0.3 is 10.6 Å². The van der Waals surface area contributed by atoms with E-state index in [2.05, 4.69) is 10.6 Å². The summed E-state index contributed by atoms with van der Waals surface area (Å²) in [6.07, 6.45) is 4.68. The summed E-state index contributed by atoms with van der Waals surface area (Å²) in [5.74, 6) is 0. The van der Waals surface area contributed by atoms with Gasteiger partial charge in [0.2, 0.25) is 10.0 Å². The number of benzene rings is 1. The van der Waals surface area contributed by atoms with Gasteiger partial charge in [0.15, 0.2) is 0 Å². The molecule has 0 radical (unpaired) electrons. The summed E-state index contributed by atoms with van der Waals surface area (Å²) >= 11 is 1.56. The van der Waals surface area contributed by atoms with E-state index in [-0.39, 0.29) is 12.1 Å². The molecule has 1 aliphatic rings. The zero-order chi connectivity index (χ0) is 16.2. The Morgan fingerprint density at radius 2 is 2.09 bits per heavy atom. The summed E-state index contributed by atoms with van der Waals surface area (Å²) in [6.45, 7) is 0.852. The summed E-state index contributed by atoms with van der Waals surface area (Å²) in [5, 5.41) is 5.68. The monoisotopic (exact) mass is 343 g/mol. The average Bonchev–Trinajstić information content (AvgIpc) is 2.47. The second kappa shape index (κ2) is 7.34. The SMILES string of the molecule is CSc1ccccc1NC(=O)NC1CCCN(S(C)(=O)=O)C1. The maximum atomic E-state index is 12.1. The Hall–Kier alpha value is -1.25. The van der Waals surface area contributed by atoms with Crippen LogP contribution in [-0.4, -0.2) is 50.4 Å². The third-order valence-corrected chi connectivity index (χ3v) is 5.61. The van der Waals surface area contributed by atoms with Gasteiger partial charge >= 0.3 is 6.03 Å². The third-order valence-electron chi connectivity index (χ3n) is 3.54. The zero-order valence-corrected chi connectivity index (χ0v) is 14.3. The Morgan fingerprint density at radius 1 is 1.36 bits per heavy atom. The third kappa shape index (κ3) is 4.62. The quantitative estimate of drug-likeness (QED) is 0.819. The van der Waals surface area contributed by atoms with Crippen LogP contribution >= 0.6 is 11.8 Å². The molecule has 22 heavy (non-hydrogen) atoms. The molecular formula is C14H21N3O3S2. The lowest BCUT2D eigenvalue weighted by Gasteiger charge is -2.31. The van der Waals surface area contributed by atoms with E-state index in [1.165, 1.54) is 10.6 Å². The molecule has 1 aromatic carbocycles. The van der Waals surface area contributed by atoms with Crippen LogP contribution in [0.25, 0.3) is 0 Å². The maximum Gasteiger partial charge on any atom is 0.319 e. The number of hydrogen-bond donors (Lipinski definition) is 2. The van der Waals surface area contributed by atoms with Gasteiger partial charge in [0, 0.05) is 24.0 Å². The van der Waals surface area contributed by atoms with Gasteiger partial charge in [-0.15, -0.1) is 11.8 Å². The van der Waals surface area contributed by atoms with E-state index in [1.54, 1.807) is 11.8 Å². The van der Waals surface area contributed by atoms with Crippen molar-refractivity contribution >= 4 is 33.5 Å². The van der Waals surface area contributed by atoms with Crippen molar-refractivity contribution in [2.75, 3.05) is 30.9 Å². The number of rotatable bonds is 4. The van der Waals surface area contributed by atoms with Crippen LogP contribution in [-0.2, 0) is 10.0 Å². The van der Waals surface area contributed by atoms with Crippen molar-refractivity contribution in [3.05, 3.63) is 24.3 Å². The molecule has 2 N–H and O–H groups in total. The molecule has 1 fully saturated rings. The van der Waals surface area contributed by atoms with Crippen LogP contribution in [0.4, 0.5) is 10.5 Å². The van der Waals surface area contributed by atoms with Crippen molar-refractivity contribution in [3.63, 3.8) is 0 Å². The summed E-state index contributed by atoms with van der Waals surface area (Å²) in [6, 6.07) is 7.09. The lowest BCUT2D eigenvalue weighted by atomic mass is 10.1. The van der Waals surface area contributed by atoms with Crippen LogP contribution in [0.5, 0.6) is 0 Å². The predicted octanol–water partition coefficient (Wildman–Crippen LogP) is 1.95. The Kier molecular flexibility index (Phi) is 5.71. The number of amides is 2. The van der Waals surface area contributed by atoms with Crippen molar-refractivity contribution in [2.45, 2.75) is 23.8 Å². The molecule has 2 amide bonds. The first-order valence-electron chi connectivity index (χ1n) is 7.06. The molecule has 1 aliphatic heterocycles. The Balaban J connectivity index is 1.94. The minimum atomic E-state index is -3.21. The van der Waals surface area contributed by atoms with Crippen molar-refractivity contribution in [1.82, 2.24) is 9.62 Å². The van der Waals surface area contributed by atoms with Gasteiger partial charge in [-0.25, -0.2) is 17.5 Å². The van der Waals surface area contributed by atoms with Gasteiger partial charge in [-0.3, -0.25) is 0 Å². The van der Waals surface area contributed by atoms with Crippen LogP contribution in [0.2, 0.25) is 0 Å². The number of sulfonamides is 1. The maximum absolute atomic E-state index is 12.1. The van der Waals surface area contributed by atoms with Gasteiger partial charge in [-0.1, -0.05) is 12.1 Å². The number of para-hydroxylation sites is 1. The summed E-state index contributed by atoms with van der Waals surface area (Å²) < 4.78 is 24.6. The number of urea groups is 1. The Bertz CT molecular complexity index is 634. The lowest BCUT2D eigenvalue weighted by Crippen LogP contribution is -2.50. The lowest BCUT2D eigenvalue weighted by molar-refractivity contribution is 0.236. The normalized spacial score (nSPS) is 19.6. The first-order valence-corrected chi connectivity index (χ1v) is 10.1. The van der Waals surface area contributed by atoms with E-state index in [0.29, 0.717) is 13.1 Å². The van der Waals surface area contributed by atoms with Crippen molar-refractivity contribution in [1.29, 1.82) is 0 Å². The largest absolute Gasteiger partial charge is 0.334 e. The van der Waals surface area contributed by atoms with E-state index >= 15 is 0 Å². The second-order valence-electron chi connectivity index (χ2n) is 5.26. The molecule has 1 saturated heterocycles. The van der Waals surface area contributed by atoms with E-state index < -0.39 is 10.0 Å². The number of piperidine rings is 1. The molecule has 6 nitrogen and oxygen atoms in total. The van der Waals surface area contributed by atoms with Gasteiger partial charge in [0.05, 0.1) is 11.9 Å². The first-order chi connectivity index (χ1) is 10.4. The van der Waals surface area contributed by atoms with Crippen LogP contribution in [0.3, 0.4) is 0 Å². The summed E-state index contributed by atoms with van der Waals surface area (Å²) in [7, 11) is -3.21. The Labute approximate surface area is 135 Å². The molecule has 0 aromatic heterocycles. The fraction of sp³-hybridized carbons (Fsp3) is 0.500. The highest BCUT2D eigenvalue weighted by atomic mass is 32.2. The highest BCUT2D eigenvalue weighted by Gasteiger charge is 2.26. The van der Waals surface area contributed by atoms with Crippen molar-refractivity contribution < 1.29 is 13.2 Å². The van der Waals surface area contributed by atoms with Crippen LogP contribution in [0.15, 0.2) is 29.2 Å². The van der Waals surface area contributed by atoms with Crippen LogP contribution < -0.4 is 10.6 Å². The van der Waals surface area contributed by atoms with Crippen LogP contribution in [0.1, 0.15) is 12.8 Å². The van der Waals surface area contributed by atoms with Gasteiger partial charge in [0.25, 0.3) is 0 Å². The predicted molar refractivity (Wildman–Crippen MR) is 89.8 cm³/mol. The van der Waals surface area contributed by atoms with E-state index in [4.69, 9.17) is 0 Å². The molecule has 1 unspecified atom stereocenters. The van der Waals surface area contributed by atoms with Gasteiger partial charge in [-0.05, 0) is 31.2 Å². The molecule has 0 saturated carbocycles. The minimum absolute atomic E-state index is 0.162. The molecule has 8 heteroatoms. The minimum Gasteiger partial charge on any atom is -0.334 e. The smallest absolute Gasteiger partial charge is 0.319 e. The number of nitrogens with zero attached hydrogens (tertiary/aromatic N) is 1. The zero-order valence-electron chi connectivity index (χ0n) is 12.7. The highest BCUT2D eigenvalue weighted by molar-refractivity contribution is 7.98. The number of hydrogen-bond acceptors (Lipinski definition) is 4. The first kappa shape index (κ1) is 17.1. The molecule has 1 atom stereocenters. The van der Waals surface area contributed by atoms with E-state index in [9.17, 15) is 13.2 Å². The van der Waals surface area contributed by atoms with Crippen molar-refractivity contribution in [3.8, 4) is 0 Å². The van der Waals surface area contributed by atoms with Crippen molar-refractivity contribution in [2.24, 2.45) is 0 Å². The molecule has 122 valence electrons. The van der Waals surface area contributed by atoms with Gasteiger partial charge in [0.1, 0.15) is 0 Å². The molecule has 0 aliphatic carbocycles. The fourth-order valence-electron chi connectivity index (χ4n) is 2.45. The highest BCUT2D eigenvalue weighted by Crippen LogP contribution is 2.24. The molecule has 0 spiro atoms. The summed E-state index contributed by atoms with van der Waals surface area (Å²) in [5.41, 5.74) is 0.753. The van der Waals surface area contributed by atoms with Gasteiger partial charge in [-0.2, -0.15) is 0 Å². The second-order valence-corrected chi connectivity index (χ2v) is 8.09. The number of carbonyl (C=O) groups excluding carboxylic acids is 1. The van der Waals surface area contributed by atoms with E-state index in [0.717, 1.165) is 23.4 Å². The molecular weight excluding hydrogens is 322 g/mol. The fourth-order valence-corrected chi connectivity index (χ4v) is 3.92. The topological polar surface area (TPSA) is 78.5 Å². The molecule has 1 heterocycles. The number of nitrogens with one attached hydrogen (secondary N) is 2. The molecule has 1 aromatic rings. The number of carbonyl (C=O) groups is 1. The number of thioether (sulfide) groups is 1. The molecule has 2 rings (SSSR count). The Morgan fingerprint density at radius 3 is 2.77 bits per heavy atom. The summed E-state index contributed by atoms with van der Waals surface area (Å²) in [4.78, 5) is 13.1. The standard InChI is InChI=1S/C14H21N3O3S2/c1-21-13-8-4-3-7-12(13)16-14(18)15-11-6-5-9-17(10-11)22(2,19)20/h3-4,7-8,11H,5-6,9-10H2,1-2H3,(H2,15,16,18). The van der Waals surface area contributed by atoms with Crippen LogP contribution in [0, 0.1) is 0 Å². The molecule has 0 bridgehead atoms.